The number of aliphatic hydroxyl groups is 1. The molecule has 1 saturated heterocycles. The van der Waals surface area contributed by atoms with Crippen LogP contribution in [0.15, 0.2) is 54.6 Å². The summed E-state index contributed by atoms with van der Waals surface area (Å²) >= 11 is 0. The van der Waals surface area contributed by atoms with Crippen LogP contribution in [0, 0.1) is 5.92 Å². The standard InChI is InChI=1S/C34H54O5/c1-2-3-4-5-6-7-8-9-10-11-12-13-14-15-19-24-30(39-33-25-20-21-26-38-33)28-32(35)31(34(36)37)27-29-22-17-16-18-23-29/h6-7,9-10,16-18,22-23,30-33,35H,2-5,8,11-15,19-21,24-28H2,1H3,(H,36,37). The van der Waals surface area contributed by atoms with Gasteiger partial charge in [0, 0.05) is 13.0 Å². The first-order valence-electron chi connectivity index (χ1n) is 15.6. The highest BCUT2D eigenvalue weighted by Crippen LogP contribution is 2.24. The predicted octanol–water partition coefficient (Wildman–Crippen LogP) is 8.41. The van der Waals surface area contributed by atoms with E-state index in [2.05, 4.69) is 31.2 Å². The number of benzene rings is 1. The highest BCUT2D eigenvalue weighted by Gasteiger charge is 2.30. The van der Waals surface area contributed by atoms with Crippen molar-refractivity contribution in [2.24, 2.45) is 5.92 Å². The van der Waals surface area contributed by atoms with E-state index in [4.69, 9.17) is 9.47 Å². The second kappa shape index (κ2) is 21.8. The van der Waals surface area contributed by atoms with Crippen LogP contribution in [-0.2, 0) is 20.7 Å². The molecule has 2 rings (SSSR count). The smallest absolute Gasteiger partial charge is 0.309 e. The van der Waals surface area contributed by atoms with Gasteiger partial charge in [-0.05, 0) is 69.8 Å². The summed E-state index contributed by atoms with van der Waals surface area (Å²) in [7, 11) is 0. The van der Waals surface area contributed by atoms with Crippen molar-refractivity contribution >= 4 is 5.97 Å². The fraction of sp³-hybridized carbons (Fsp3) is 0.676. The van der Waals surface area contributed by atoms with Gasteiger partial charge < -0.3 is 19.7 Å². The summed E-state index contributed by atoms with van der Waals surface area (Å²) < 4.78 is 12.1. The Bertz CT molecular complexity index is 784. The van der Waals surface area contributed by atoms with Gasteiger partial charge in [0.05, 0.1) is 18.1 Å². The molecular weight excluding hydrogens is 488 g/mol. The van der Waals surface area contributed by atoms with E-state index in [0.29, 0.717) is 19.4 Å². The zero-order chi connectivity index (χ0) is 28.0. The van der Waals surface area contributed by atoms with Crippen LogP contribution in [0.1, 0.15) is 115 Å². The number of carbonyl (C=O) groups is 1. The number of carboxylic acid groups (broad SMARTS) is 1. The Morgan fingerprint density at radius 3 is 2.33 bits per heavy atom. The molecule has 1 aromatic carbocycles. The minimum atomic E-state index is -0.964. The first kappa shape index (κ1) is 33.3. The molecule has 1 aliphatic rings. The molecule has 0 aliphatic carbocycles. The fourth-order valence-corrected chi connectivity index (χ4v) is 5.15. The minimum absolute atomic E-state index is 0.196. The van der Waals surface area contributed by atoms with Gasteiger partial charge in [-0.1, -0.05) is 100 Å². The second-order valence-electron chi connectivity index (χ2n) is 11.0. The highest BCUT2D eigenvalue weighted by atomic mass is 16.7. The Balaban J connectivity index is 1.70. The monoisotopic (exact) mass is 542 g/mol. The summed E-state index contributed by atoms with van der Waals surface area (Å²) in [5.41, 5.74) is 0.922. The molecule has 4 unspecified atom stereocenters. The van der Waals surface area contributed by atoms with E-state index in [1.165, 1.54) is 44.9 Å². The van der Waals surface area contributed by atoms with Crippen LogP contribution in [0.4, 0.5) is 0 Å². The molecule has 220 valence electrons. The number of aliphatic hydroxyl groups excluding tert-OH is 1. The summed E-state index contributed by atoms with van der Waals surface area (Å²) in [6.45, 7) is 2.94. The lowest BCUT2D eigenvalue weighted by atomic mass is 9.90. The van der Waals surface area contributed by atoms with Crippen LogP contribution < -0.4 is 0 Å². The van der Waals surface area contributed by atoms with Gasteiger partial charge in [0.15, 0.2) is 6.29 Å². The van der Waals surface area contributed by atoms with E-state index >= 15 is 0 Å². The van der Waals surface area contributed by atoms with Crippen LogP contribution in [0.5, 0.6) is 0 Å². The fourth-order valence-electron chi connectivity index (χ4n) is 5.15. The molecule has 2 N–H and O–H groups in total. The molecule has 0 amide bonds. The Hall–Kier alpha value is -1.95. The normalized spacial score (nSPS) is 18.5. The number of hydrogen-bond donors (Lipinski definition) is 2. The van der Waals surface area contributed by atoms with Gasteiger partial charge in [0.2, 0.25) is 0 Å². The summed E-state index contributed by atoms with van der Waals surface area (Å²) in [5.74, 6) is -1.81. The van der Waals surface area contributed by atoms with E-state index in [1.54, 1.807) is 0 Å². The first-order valence-corrected chi connectivity index (χ1v) is 15.6. The van der Waals surface area contributed by atoms with E-state index in [1.807, 2.05) is 30.3 Å². The predicted molar refractivity (Wildman–Crippen MR) is 160 cm³/mol. The topological polar surface area (TPSA) is 76.0 Å². The third-order valence-corrected chi connectivity index (χ3v) is 7.54. The molecular formula is C34H54O5. The third kappa shape index (κ3) is 16.0. The lowest BCUT2D eigenvalue weighted by molar-refractivity contribution is -0.196. The molecule has 0 bridgehead atoms. The Morgan fingerprint density at radius 1 is 0.974 bits per heavy atom. The number of hydrogen-bond acceptors (Lipinski definition) is 4. The van der Waals surface area contributed by atoms with E-state index < -0.39 is 18.0 Å². The van der Waals surface area contributed by atoms with Gasteiger partial charge in [-0.15, -0.1) is 0 Å². The molecule has 0 spiro atoms. The summed E-state index contributed by atoms with van der Waals surface area (Å²) in [6, 6.07) is 9.54. The summed E-state index contributed by atoms with van der Waals surface area (Å²) in [5, 5.41) is 20.8. The van der Waals surface area contributed by atoms with Crippen molar-refractivity contribution in [3.8, 4) is 0 Å². The molecule has 1 aliphatic heterocycles. The van der Waals surface area contributed by atoms with Gasteiger partial charge in [-0.25, -0.2) is 0 Å². The third-order valence-electron chi connectivity index (χ3n) is 7.54. The average molecular weight is 543 g/mol. The Labute approximate surface area is 237 Å². The van der Waals surface area contributed by atoms with Crippen molar-refractivity contribution in [1.29, 1.82) is 0 Å². The van der Waals surface area contributed by atoms with E-state index in [0.717, 1.165) is 56.9 Å². The molecule has 0 radical (unpaired) electrons. The number of unbranched alkanes of at least 4 members (excludes halogenated alkanes) is 8. The number of aliphatic carboxylic acids is 1. The van der Waals surface area contributed by atoms with Crippen molar-refractivity contribution in [1.82, 2.24) is 0 Å². The van der Waals surface area contributed by atoms with Crippen LogP contribution in [-0.4, -0.2) is 41.3 Å². The van der Waals surface area contributed by atoms with Gasteiger partial charge in [0.25, 0.3) is 0 Å². The second-order valence-corrected chi connectivity index (χ2v) is 11.0. The molecule has 1 heterocycles. The molecule has 5 nitrogen and oxygen atoms in total. The van der Waals surface area contributed by atoms with Gasteiger partial charge >= 0.3 is 5.97 Å². The van der Waals surface area contributed by atoms with Crippen molar-refractivity contribution in [3.05, 3.63) is 60.2 Å². The SMILES string of the molecule is CCCCCC=CCC=CCCCCCCCC(CC(O)C(Cc1ccccc1)C(=O)O)OC1CCCCO1. The van der Waals surface area contributed by atoms with Gasteiger partial charge in [-0.2, -0.15) is 0 Å². The quantitative estimate of drug-likeness (QED) is 0.114. The Kier molecular flexibility index (Phi) is 18.6. The van der Waals surface area contributed by atoms with E-state index in [-0.39, 0.29) is 12.4 Å². The zero-order valence-electron chi connectivity index (χ0n) is 24.4. The summed E-state index contributed by atoms with van der Waals surface area (Å²) in [4.78, 5) is 12.0. The maximum atomic E-state index is 12.0. The molecule has 39 heavy (non-hydrogen) atoms. The number of rotatable bonds is 22. The maximum Gasteiger partial charge on any atom is 0.309 e. The van der Waals surface area contributed by atoms with Crippen LogP contribution in [0.2, 0.25) is 0 Å². The zero-order valence-corrected chi connectivity index (χ0v) is 24.4. The lowest BCUT2D eigenvalue weighted by Gasteiger charge is -2.30. The molecule has 5 heteroatoms. The van der Waals surface area contributed by atoms with Gasteiger partial charge in [0.1, 0.15) is 0 Å². The van der Waals surface area contributed by atoms with Crippen molar-refractivity contribution < 1.29 is 24.5 Å². The summed E-state index contributed by atoms with van der Waals surface area (Å²) in [6.07, 6.45) is 25.2. The number of ether oxygens (including phenoxy) is 2. The minimum Gasteiger partial charge on any atom is -0.481 e. The largest absolute Gasteiger partial charge is 0.481 e. The van der Waals surface area contributed by atoms with Gasteiger partial charge in [-0.3, -0.25) is 4.79 Å². The number of allylic oxidation sites excluding steroid dienone is 4. The average Bonchev–Trinajstić information content (AvgIpc) is 2.94. The van der Waals surface area contributed by atoms with Crippen LogP contribution in [0.3, 0.4) is 0 Å². The number of carboxylic acids is 1. The molecule has 4 atom stereocenters. The maximum absolute atomic E-state index is 12.0. The van der Waals surface area contributed by atoms with Crippen LogP contribution >= 0.6 is 0 Å². The van der Waals surface area contributed by atoms with Crippen molar-refractivity contribution in [2.75, 3.05) is 6.61 Å². The molecule has 1 fully saturated rings. The first-order chi connectivity index (χ1) is 19.1. The van der Waals surface area contributed by atoms with Crippen LogP contribution in [0.25, 0.3) is 0 Å². The lowest BCUT2D eigenvalue weighted by Crippen LogP contribution is -2.36. The highest BCUT2D eigenvalue weighted by molar-refractivity contribution is 5.71. The molecule has 0 saturated carbocycles. The van der Waals surface area contributed by atoms with Crippen molar-refractivity contribution in [2.45, 2.75) is 135 Å². The molecule has 1 aromatic rings. The molecule has 0 aromatic heterocycles. The van der Waals surface area contributed by atoms with Crippen molar-refractivity contribution in [3.63, 3.8) is 0 Å². The Morgan fingerprint density at radius 2 is 1.67 bits per heavy atom. The van der Waals surface area contributed by atoms with E-state index in [9.17, 15) is 15.0 Å².